The van der Waals surface area contributed by atoms with Crippen molar-refractivity contribution in [3.63, 3.8) is 0 Å². The number of nitrogens with zero attached hydrogens (tertiary/aromatic N) is 1. The smallest absolute Gasteiger partial charge is 0.240 e. The molecule has 2 saturated heterocycles. The fourth-order valence-corrected chi connectivity index (χ4v) is 3.33. The van der Waals surface area contributed by atoms with E-state index >= 15 is 0 Å². The first-order chi connectivity index (χ1) is 6.69. The first-order valence-corrected chi connectivity index (χ1v) is 6.10. The number of carbonyl (C=O) groups excluding carboxylic acids is 1. The van der Waals surface area contributed by atoms with Gasteiger partial charge in [-0.05, 0) is 6.42 Å². The lowest BCUT2D eigenvalue weighted by atomic mass is 10.1. The summed E-state index contributed by atoms with van der Waals surface area (Å²) < 4.78 is 0. The number of amides is 1. The van der Waals surface area contributed by atoms with Gasteiger partial charge in [0.25, 0.3) is 0 Å². The van der Waals surface area contributed by atoms with Gasteiger partial charge in [0.1, 0.15) is 4.87 Å². The average molecular weight is 215 g/mol. The summed E-state index contributed by atoms with van der Waals surface area (Å²) in [5, 5.41) is 3.23. The molecule has 4 nitrogen and oxygen atoms in total. The number of thioether (sulfide) groups is 1. The van der Waals surface area contributed by atoms with Crippen LogP contribution in [0.15, 0.2) is 0 Å². The van der Waals surface area contributed by atoms with Gasteiger partial charge in [0, 0.05) is 25.4 Å². The van der Waals surface area contributed by atoms with Crippen LogP contribution in [-0.2, 0) is 4.79 Å². The molecule has 2 heterocycles. The third-order valence-corrected chi connectivity index (χ3v) is 4.44. The second kappa shape index (κ2) is 3.72. The van der Waals surface area contributed by atoms with Gasteiger partial charge in [0.05, 0.1) is 6.04 Å². The minimum absolute atomic E-state index is 0.0455. The zero-order chi connectivity index (χ0) is 10.2. The molecule has 14 heavy (non-hydrogen) atoms. The molecule has 0 aromatic heterocycles. The normalized spacial score (nSPS) is 26.3. The maximum absolute atomic E-state index is 11.9. The van der Waals surface area contributed by atoms with Crippen molar-refractivity contribution < 1.29 is 4.79 Å². The van der Waals surface area contributed by atoms with E-state index in [-0.39, 0.29) is 16.8 Å². The van der Waals surface area contributed by atoms with Crippen LogP contribution < -0.4 is 11.1 Å². The molecular formula is C9H17N3OS. The second-order valence-electron chi connectivity index (χ2n) is 3.90. The van der Waals surface area contributed by atoms with Gasteiger partial charge in [-0.1, -0.05) is 6.92 Å². The van der Waals surface area contributed by atoms with Crippen LogP contribution in [0.3, 0.4) is 0 Å². The third kappa shape index (κ3) is 1.43. The number of hydrogen-bond donors (Lipinski definition) is 2. The first-order valence-electron chi connectivity index (χ1n) is 5.11. The van der Waals surface area contributed by atoms with Crippen LogP contribution >= 0.6 is 11.8 Å². The van der Waals surface area contributed by atoms with E-state index in [4.69, 9.17) is 5.73 Å². The Bertz CT molecular complexity index is 242. The Morgan fingerprint density at radius 3 is 2.93 bits per heavy atom. The fourth-order valence-electron chi connectivity index (χ4n) is 1.93. The maximum Gasteiger partial charge on any atom is 0.240 e. The molecule has 0 saturated carbocycles. The highest BCUT2D eigenvalue weighted by Gasteiger charge is 2.49. The number of nitrogens with two attached hydrogens (primary N) is 1. The predicted octanol–water partition coefficient (Wildman–Crippen LogP) is -0.401. The first kappa shape index (κ1) is 10.3. The van der Waals surface area contributed by atoms with Gasteiger partial charge in [0.15, 0.2) is 0 Å². The van der Waals surface area contributed by atoms with E-state index < -0.39 is 0 Å². The minimum Gasteiger partial charge on any atom is -0.323 e. The van der Waals surface area contributed by atoms with Crippen LogP contribution in [0.25, 0.3) is 0 Å². The van der Waals surface area contributed by atoms with Crippen LogP contribution in [0.5, 0.6) is 0 Å². The lowest BCUT2D eigenvalue weighted by molar-refractivity contribution is -0.136. The van der Waals surface area contributed by atoms with Crippen molar-refractivity contribution in [2.24, 2.45) is 5.73 Å². The second-order valence-corrected chi connectivity index (χ2v) is 5.36. The van der Waals surface area contributed by atoms with E-state index in [2.05, 4.69) is 5.32 Å². The van der Waals surface area contributed by atoms with E-state index in [1.54, 1.807) is 0 Å². The third-order valence-electron chi connectivity index (χ3n) is 3.00. The highest BCUT2D eigenvalue weighted by Crippen LogP contribution is 2.39. The summed E-state index contributed by atoms with van der Waals surface area (Å²) in [4.78, 5) is 14.0. The number of nitrogens with one attached hydrogen (secondary N) is 1. The van der Waals surface area contributed by atoms with E-state index in [0.29, 0.717) is 0 Å². The van der Waals surface area contributed by atoms with Gasteiger partial charge in [0.2, 0.25) is 5.91 Å². The van der Waals surface area contributed by atoms with Gasteiger partial charge in [-0.25, -0.2) is 0 Å². The number of hydrogen-bond acceptors (Lipinski definition) is 4. The highest BCUT2D eigenvalue weighted by molar-refractivity contribution is 8.01. The topological polar surface area (TPSA) is 58.4 Å². The van der Waals surface area contributed by atoms with Gasteiger partial charge in [-0.15, -0.1) is 11.8 Å². The van der Waals surface area contributed by atoms with Crippen LogP contribution in [0.2, 0.25) is 0 Å². The molecule has 1 amide bonds. The molecule has 0 radical (unpaired) electrons. The van der Waals surface area contributed by atoms with E-state index in [1.165, 1.54) is 0 Å². The number of carbonyl (C=O) groups is 1. The molecule has 1 atom stereocenters. The predicted molar refractivity (Wildman–Crippen MR) is 58.0 cm³/mol. The standard InChI is InChI=1S/C9H17N3OS/c1-2-7(10)8(13)12-3-4-14-9(12)5-11-6-9/h7,11H,2-6,10H2,1H3/t7-/m0/s1. The average Bonchev–Trinajstić information content (AvgIpc) is 2.58. The van der Waals surface area contributed by atoms with Crippen molar-refractivity contribution in [3.05, 3.63) is 0 Å². The summed E-state index contributed by atoms with van der Waals surface area (Å²) in [5.41, 5.74) is 5.78. The quantitative estimate of drug-likeness (QED) is 0.658. The molecule has 0 aromatic rings. The molecule has 2 aliphatic heterocycles. The largest absolute Gasteiger partial charge is 0.323 e. The van der Waals surface area contributed by atoms with Gasteiger partial charge in [-0.3, -0.25) is 4.79 Å². The zero-order valence-corrected chi connectivity index (χ0v) is 9.27. The van der Waals surface area contributed by atoms with Gasteiger partial charge in [-0.2, -0.15) is 0 Å². The van der Waals surface area contributed by atoms with Crippen LogP contribution in [0.4, 0.5) is 0 Å². The van der Waals surface area contributed by atoms with E-state index in [1.807, 2.05) is 23.6 Å². The van der Waals surface area contributed by atoms with Crippen molar-refractivity contribution in [1.82, 2.24) is 10.2 Å². The molecule has 0 aromatic carbocycles. The molecule has 2 aliphatic rings. The monoisotopic (exact) mass is 215 g/mol. The summed E-state index contributed by atoms with van der Waals surface area (Å²) in [5.74, 6) is 1.17. The summed E-state index contributed by atoms with van der Waals surface area (Å²) in [6.07, 6.45) is 0.726. The van der Waals surface area contributed by atoms with Crippen LogP contribution in [-0.4, -0.2) is 47.1 Å². The Labute approximate surface area is 88.6 Å². The summed E-state index contributed by atoms with van der Waals surface area (Å²) in [7, 11) is 0. The molecule has 1 spiro atoms. The molecule has 2 fully saturated rings. The molecule has 2 rings (SSSR count). The Hall–Kier alpha value is -0.260. The minimum atomic E-state index is -0.314. The maximum atomic E-state index is 11.9. The molecule has 5 heteroatoms. The lowest BCUT2D eigenvalue weighted by Gasteiger charge is -2.45. The van der Waals surface area contributed by atoms with Crippen molar-refractivity contribution in [2.45, 2.75) is 24.3 Å². The molecular weight excluding hydrogens is 198 g/mol. The zero-order valence-electron chi connectivity index (χ0n) is 8.45. The summed E-state index contributed by atoms with van der Waals surface area (Å²) in [6.45, 7) is 4.65. The molecule has 0 unspecified atom stereocenters. The van der Waals surface area contributed by atoms with Crippen LogP contribution in [0, 0.1) is 0 Å². The molecule has 0 aliphatic carbocycles. The Balaban J connectivity index is 2.06. The fraction of sp³-hybridized carbons (Fsp3) is 0.889. The van der Waals surface area contributed by atoms with Gasteiger partial charge >= 0.3 is 0 Å². The SMILES string of the molecule is CC[C@H](N)C(=O)N1CCSC12CNC2. The summed E-state index contributed by atoms with van der Waals surface area (Å²) >= 11 is 1.88. The van der Waals surface area contributed by atoms with Crippen molar-refractivity contribution in [2.75, 3.05) is 25.4 Å². The Morgan fingerprint density at radius 1 is 1.71 bits per heavy atom. The van der Waals surface area contributed by atoms with E-state index in [0.717, 1.165) is 31.8 Å². The molecule has 80 valence electrons. The van der Waals surface area contributed by atoms with Crippen molar-refractivity contribution in [1.29, 1.82) is 0 Å². The Kier molecular flexibility index (Phi) is 2.72. The highest BCUT2D eigenvalue weighted by atomic mass is 32.2. The lowest BCUT2D eigenvalue weighted by Crippen LogP contribution is -2.67. The van der Waals surface area contributed by atoms with Crippen molar-refractivity contribution in [3.8, 4) is 0 Å². The van der Waals surface area contributed by atoms with Crippen LogP contribution in [0.1, 0.15) is 13.3 Å². The molecule has 3 N–H and O–H groups in total. The van der Waals surface area contributed by atoms with Crippen molar-refractivity contribution >= 4 is 17.7 Å². The molecule has 0 bridgehead atoms. The van der Waals surface area contributed by atoms with Gasteiger partial charge < -0.3 is 16.0 Å². The Morgan fingerprint density at radius 2 is 2.43 bits per heavy atom. The number of rotatable bonds is 2. The van der Waals surface area contributed by atoms with E-state index in [9.17, 15) is 4.79 Å². The summed E-state index contributed by atoms with van der Waals surface area (Å²) in [6, 6.07) is -0.314.